The minimum Gasteiger partial charge on any atom is -0.465 e. The number of benzene rings is 1. The van der Waals surface area contributed by atoms with Gasteiger partial charge in [-0.2, -0.15) is 0 Å². The molecule has 1 rings (SSSR count). The summed E-state index contributed by atoms with van der Waals surface area (Å²) in [5.74, 6) is 2.09. The van der Waals surface area contributed by atoms with Crippen molar-refractivity contribution in [2.24, 2.45) is 0 Å². The Morgan fingerprint density at radius 2 is 2.33 bits per heavy atom. The van der Waals surface area contributed by atoms with Crippen molar-refractivity contribution in [3.05, 3.63) is 34.3 Å². The predicted octanol–water partition coefficient (Wildman–Crippen LogP) is 2.48. The average molecular weight is 266 g/mol. The minimum atomic E-state index is -0.584. The molecule has 0 radical (unpaired) electrons. The van der Waals surface area contributed by atoms with Crippen LogP contribution >= 0.6 is 11.6 Å². The van der Waals surface area contributed by atoms with E-state index < -0.39 is 6.04 Å². The number of halogens is 1. The molecule has 18 heavy (non-hydrogen) atoms. The summed E-state index contributed by atoms with van der Waals surface area (Å²) in [6.45, 7) is 4.28. The molecule has 1 unspecified atom stereocenters. The number of terminal acetylenes is 1. The number of hydrogen-bond acceptors (Lipinski definition) is 3. The lowest BCUT2D eigenvalue weighted by Crippen LogP contribution is -2.30. The van der Waals surface area contributed by atoms with Crippen LogP contribution in [0.15, 0.2) is 18.2 Å². The Balaban J connectivity index is 2.97. The van der Waals surface area contributed by atoms with E-state index in [1.165, 1.54) is 0 Å². The van der Waals surface area contributed by atoms with Gasteiger partial charge >= 0.3 is 5.97 Å². The van der Waals surface area contributed by atoms with Gasteiger partial charge in [0.1, 0.15) is 6.04 Å². The van der Waals surface area contributed by atoms with Gasteiger partial charge in [0.15, 0.2) is 0 Å². The van der Waals surface area contributed by atoms with Gasteiger partial charge < -0.3 is 4.74 Å². The summed E-state index contributed by atoms with van der Waals surface area (Å²) in [6, 6.07) is 4.87. The quantitative estimate of drug-likeness (QED) is 0.657. The van der Waals surface area contributed by atoms with Crippen LogP contribution in [0.2, 0.25) is 5.02 Å². The van der Waals surface area contributed by atoms with E-state index in [-0.39, 0.29) is 12.5 Å². The van der Waals surface area contributed by atoms with Crippen molar-refractivity contribution in [1.29, 1.82) is 0 Å². The topological polar surface area (TPSA) is 38.3 Å². The van der Waals surface area contributed by atoms with Crippen molar-refractivity contribution in [2.75, 3.05) is 13.2 Å². The smallest absolute Gasteiger partial charge is 0.327 e. The van der Waals surface area contributed by atoms with Crippen LogP contribution in [-0.4, -0.2) is 19.1 Å². The molecule has 0 saturated carbocycles. The fourth-order valence-electron chi connectivity index (χ4n) is 1.51. The van der Waals surface area contributed by atoms with E-state index in [4.69, 9.17) is 22.8 Å². The highest BCUT2D eigenvalue weighted by atomic mass is 35.5. The molecule has 0 fully saturated rings. The van der Waals surface area contributed by atoms with Gasteiger partial charge in [0.25, 0.3) is 0 Å². The summed E-state index contributed by atoms with van der Waals surface area (Å²) in [4.78, 5) is 11.8. The normalized spacial score (nSPS) is 11.7. The van der Waals surface area contributed by atoms with E-state index in [2.05, 4.69) is 11.2 Å². The molecule has 0 aliphatic carbocycles. The molecule has 0 amide bonds. The second kappa shape index (κ2) is 7.05. The molecule has 1 N–H and O–H groups in total. The molecule has 0 spiro atoms. The first kappa shape index (κ1) is 14.6. The molecule has 96 valence electrons. The molecule has 1 atom stereocenters. The average Bonchev–Trinajstić information content (AvgIpc) is 2.34. The number of rotatable bonds is 5. The van der Waals surface area contributed by atoms with Crippen molar-refractivity contribution in [1.82, 2.24) is 5.32 Å². The van der Waals surface area contributed by atoms with Crippen LogP contribution in [-0.2, 0) is 9.53 Å². The number of nitrogens with one attached hydrogen (secondary N) is 1. The number of aryl methyl sites for hydroxylation is 1. The van der Waals surface area contributed by atoms with Crippen LogP contribution < -0.4 is 5.32 Å². The molecule has 0 aromatic heterocycles. The number of hydrogen-bond donors (Lipinski definition) is 1. The van der Waals surface area contributed by atoms with Crippen LogP contribution in [0.25, 0.3) is 0 Å². The Morgan fingerprint density at radius 3 is 2.89 bits per heavy atom. The van der Waals surface area contributed by atoms with E-state index >= 15 is 0 Å². The Hall–Kier alpha value is -1.50. The maximum absolute atomic E-state index is 11.8. The molecule has 0 aliphatic heterocycles. The fourth-order valence-corrected chi connectivity index (χ4v) is 1.70. The molecule has 0 saturated heterocycles. The van der Waals surface area contributed by atoms with E-state index in [1.54, 1.807) is 13.0 Å². The zero-order chi connectivity index (χ0) is 13.5. The molecule has 0 heterocycles. The van der Waals surface area contributed by atoms with Crippen molar-refractivity contribution in [2.45, 2.75) is 19.9 Å². The number of carbonyl (C=O) groups is 1. The first-order chi connectivity index (χ1) is 8.60. The maximum atomic E-state index is 11.8. The van der Waals surface area contributed by atoms with Crippen LogP contribution in [0.5, 0.6) is 0 Å². The minimum absolute atomic E-state index is 0.287. The summed E-state index contributed by atoms with van der Waals surface area (Å²) in [5, 5.41) is 3.56. The third-order valence-corrected chi connectivity index (χ3v) is 2.87. The Kier molecular flexibility index (Phi) is 5.70. The van der Waals surface area contributed by atoms with Gasteiger partial charge in [-0.05, 0) is 31.0 Å². The van der Waals surface area contributed by atoms with Gasteiger partial charge in [-0.3, -0.25) is 5.32 Å². The Labute approximate surface area is 112 Å². The summed E-state index contributed by atoms with van der Waals surface area (Å²) >= 11 is 6.05. The lowest BCUT2D eigenvalue weighted by Gasteiger charge is -2.17. The van der Waals surface area contributed by atoms with Crippen LogP contribution in [0, 0.1) is 19.3 Å². The lowest BCUT2D eigenvalue weighted by atomic mass is 10.1. The van der Waals surface area contributed by atoms with Crippen LogP contribution in [0.4, 0.5) is 0 Å². The van der Waals surface area contributed by atoms with E-state index in [0.29, 0.717) is 11.6 Å². The van der Waals surface area contributed by atoms with Crippen molar-refractivity contribution in [3.8, 4) is 12.3 Å². The third-order valence-electron chi connectivity index (χ3n) is 2.46. The zero-order valence-electron chi connectivity index (χ0n) is 10.5. The number of carbonyl (C=O) groups excluding carboxylic acids is 1. The predicted molar refractivity (Wildman–Crippen MR) is 72.4 cm³/mol. The fraction of sp³-hybridized carbons (Fsp3) is 0.357. The SMILES string of the molecule is C#CCNC(C(=O)OCC)c1ccc(C)c(Cl)c1. The van der Waals surface area contributed by atoms with Gasteiger partial charge in [0, 0.05) is 5.02 Å². The van der Waals surface area contributed by atoms with Gasteiger partial charge in [-0.25, -0.2) is 4.79 Å². The highest BCUT2D eigenvalue weighted by Gasteiger charge is 2.21. The molecule has 1 aromatic carbocycles. The highest BCUT2D eigenvalue weighted by molar-refractivity contribution is 6.31. The molecular formula is C14H16ClNO2. The maximum Gasteiger partial charge on any atom is 0.327 e. The first-order valence-corrected chi connectivity index (χ1v) is 6.07. The first-order valence-electron chi connectivity index (χ1n) is 5.69. The largest absolute Gasteiger partial charge is 0.465 e. The molecule has 1 aromatic rings. The monoisotopic (exact) mass is 265 g/mol. The van der Waals surface area contributed by atoms with Crippen molar-refractivity contribution < 1.29 is 9.53 Å². The van der Waals surface area contributed by atoms with Crippen molar-refractivity contribution >= 4 is 17.6 Å². The molecule has 4 heteroatoms. The highest BCUT2D eigenvalue weighted by Crippen LogP contribution is 2.22. The molecule has 3 nitrogen and oxygen atoms in total. The standard InChI is InChI=1S/C14H16ClNO2/c1-4-8-16-13(14(17)18-5-2)11-7-6-10(3)12(15)9-11/h1,6-7,9,13,16H,5,8H2,2-3H3. The summed E-state index contributed by atoms with van der Waals surface area (Å²) in [5.41, 5.74) is 1.71. The second-order valence-corrected chi connectivity index (χ2v) is 4.19. The molecular weight excluding hydrogens is 250 g/mol. The van der Waals surface area contributed by atoms with E-state index in [1.807, 2.05) is 19.1 Å². The summed E-state index contributed by atoms with van der Waals surface area (Å²) < 4.78 is 5.01. The van der Waals surface area contributed by atoms with E-state index in [0.717, 1.165) is 11.1 Å². The van der Waals surface area contributed by atoms with Crippen LogP contribution in [0.1, 0.15) is 24.1 Å². The van der Waals surface area contributed by atoms with Gasteiger partial charge in [-0.1, -0.05) is 29.7 Å². The number of esters is 1. The van der Waals surface area contributed by atoms with Gasteiger partial charge in [-0.15, -0.1) is 6.42 Å². The lowest BCUT2D eigenvalue weighted by molar-refractivity contribution is -0.145. The Morgan fingerprint density at radius 1 is 1.61 bits per heavy atom. The summed E-state index contributed by atoms with van der Waals surface area (Å²) in [6.07, 6.45) is 5.19. The van der Waals surface area contributed by atoms with E-state index in [9.17, 15) is 4.79 Å². The van der Waals surface area contributed by atoms with Crippen molar-refractivity contribution in [3.63, 3.8) is 0 Å². The molecule has 0 bridgehead atoms. The second-order valence-electron chi connectivity index (χ2n) is 3.78. The van der Waals surface area contributed by atoms with Crippen LogP contribution in [0.3, 0.4) is 0 Å². The third kappa shape index (κ3) is 3.76. The molecule has 0 aliphatic rings. The zero-order valence-corrected chi connectivity index (χ0v) is 11.3. The Bertz CT molecular complexity index is 465. The van der Waals surface area contributed by atoms with Gasteiger partial charge in [0.2, 0.25) is 0 Å². The summed E-state index contributed by atoms with van der Waals surface area (Å²) in [7, 11) is 0. The number of ether oxygens (including phenoxy) is 1. The van der Waals surface area contributed by atoms with Gasteiger partial charge in [0.05, 0.1) is 13.2 Å².